The number of nitrogens with one attached hydrogen (secondary N) is 1. The largest absolute Gasteiger partial charge is 0.384 e. The number of nitrogens with zero attached hydrogens (tertiary/aromatic N) is 4. The second-order valence-electron chi connectivity index (χ2n) is 5.27. The standard InChI is InChI=1S/C15H20N6/c1-20-7-9-21(10-8-20)13-4-2-3-12(11-13)18-15-17-6-5-14(16)19-15/h2-6,11H,7-10H2,1H3,(H3,16,17,18,19). The molecule has 1 aromatic carbocycles. The van der Waals surface area contributed by atoms with Crippen molar-refractivity contribution in [2.24, 2.45) is 0 Å². The summed E-state index contributed by atoms with van der Waals surface area (Å²) in [5.41, 5.74) is 7.86. The first kappa shape index (κ1) is 13.6. The topological polar surface area (TPSA) is 70.3 Å². The molecule has 3 N–H and O–H groups in total. The Morgan fingerprint density at radius 2 is 1.95 bits per heavy atom. The molecule has 0 amide bonds. The van der Waals surface area contributed by atoms with Crippen LogP contribution >= 0.6 is 0 Å². The normalized spacial score (nSPS) is 16.0. The fraction of sp³-hybridized carbons (Fsp3) is 0.333. The summed E-state index contributed by atoms with van der Waals surface area (Å²) in [5.74, 6) is 0.980. The number of hydrogen-bond donors (Lipinski definition) is 2. The summed E-state index contributed by atoms with van der Waals surface area (Å²) in [4.78, 5) is 13.1. The van der Waals surface area contributed by atoms with Crippen molar-refractivity contribution in [2.45, 2.75) is 0 Å². The Kier molecular flexibility index (Phi) is 3.87. The van der Waals surface area contributed by atoms with Crippen LogP contribution in [0.1, 0.15) is 0 Å². The van der Waals surface area contributed by atoms with Gasteiger partial charge in [-0.15, -0.1) is 0 Å². The highest BCUT2D eigenvalue weighted by atomic mass is 15.2. The van der Waals surface area contributed by atoms with Crippen molar-refractivity contribution in [3.05, 3.63) is 36.5 Å². The average Bonchev–Trinajstić information content (AvgIpc) is 2.48. The van der Waals surface area contributed by atoms with Crippen molar-refractivity contribution in [1.29, 1.82) is 0 Å². The third-order valence-electron chi connectivity index (χ3n) is 3.65. The predicted octanol–water partition coefficient (Wildman–Crippen LogP) is 1.55. The predicted molar refractivity (Wildman–Crippen MR) is 85.9 cm³/mol. The second kappa shape index (κ2) is 5.97. The van der Waals surface area contributed by atoms with Crippen molar-refractivity contribution >= 4 is 23.1 Å². The lowest BCUT2D eigenvalue weighted by Gasteiger charge is -2.34. The summed E-state index contributed by atoms with van der Waals surface area (Å²) >= 11 is 0. The quantitative estimate of drug-likeness (QED) is 0.891. The van der Waals surface area contributed by atoms with Gasteiger partial charge in [-0.05, 0) is 31.3 Å². The van der Waals surface area contributed by atoms with Crippen molar-refractivity contribution in [3.63, 3.8) is 0 Å². The second-order valence-corrected chi connectivity index (χ2v) is 5.27. The van der Waals surface area contributed by atoms with Crippen LogP contribution in [0, 0.1) is 0 Å². The van der Waals surface area contributed by atoms with Gasteiger partial charge in [-0.25, -0.2) is 4.98 Å². The molecule has 0 unspecified atom stereocenters. The van der Waals surface area contributed by atoms with Crippen LogP contribution in [0.4, 0.5) is 23.1 Å². The van der Waals surface area contributed by atoms with Gasteiger partial charge in [0.2, 0.25) is 5.95 Å². The molecule has 2 aromatic rings. The van der Waals surface area contributed by atoms with E-state index in [1.54, 1.807) is 12.3 Å². The van der Waals surface area contributed by atoms with E-state index in [-0.39, 0.29) is 0 Å². The zero-order valence-electron chi connectivity index (χ0n) is 12.2. The van der Waals surface area contributed by atoms with Gasteiger partial charge in [0.15, 0.2) is 0 Å². The number of likely N-dealkylation sites (N-methyl/N-ethyl adjacent to an activating group) is 1. The summed E-state index contributed by atoms with van der Waals surface area (Å²) in [7, 11) is 2.16. The number of rotatable bonds is 3. The van der Waals surface area contributed by atoms with E-state index in [0.29, 0.717) is 11.8 Å². The van der Waals surface area contributed by atoms with Crippen LogP contribution < -0.4 is 16.0 Å². The van der Waals surface area contributed by atoms with E-state index >= 15 is 0 Å². The molecule has 6 nitrogen and oxygen atoms in total. The Bertz CT molecular complexity index is 607. The summed E-state index contributed by atoms with van der Waals surface area (Å²) in [6, 6.07) is 9.98. The van der Waals surface area contributed by atoms with E-state index in [1.807, 2.05) is 12.1 Å². The molecule has 110 valence electrons. The monoisotopic (exact) mass is 284 g/mol. The molecule has 1 fully saturated rings. The molecule has 0 atom stereocenters. The van der Waals surface area contributed by atoms with Gasteiger partial charge in [-0.3, -0.25) is 0 Å². The summed E-state index contributed by atoms with van der Waals surface area (Å²) in [6.07, 6.45) is 1.65. The molecule has 1 aliphatic heterocycles. The summed E-state index contributed by atoms with van der Waals surface area (Å²) in [5, 5.41) is 3.19. The molecule has 0 bridgehead atoms. The number of anilines is 4. The number of benzene rings is 1. The first-order valence-corrected chi connectivity index (χ1v) is 7.10. The van der Waals surface area contributed by atoms with Crippen LogP contribution in [0.25, 0.3) is 0 Å². The zero-order chi connectivity index (χ0) is 14.7. The van der Waals surface area contributed by atoms with Crippen LogP contribution in [0.2, 0.25) is 0 Å². The van der Waals surface area contributed by atoms with Gasteiger partial charge in [0.05, 0.1) is 0 Å². The van der Waals surface area contributed by atoms with Crippen LogP contribution in [-0.4, -0.2) is 48.1 Å². The maximum absolute atomic E-state index is 5.67. The first-order chi connectivity index (χ1) is 10.2. The smallest absolute Gasteiger partial charge is 0.229 e. The van der Waals surface area contributed by atoms with Crippen molar-refractivity contribution in [1.82, 2.24) is 14.9 Å². The Morgan fingerprint density at radius 3 is 2.71 bits per heavy atom. The first-order valence-electron chi connectivity index (χ1n) is 7.10. The lowest BCUT2D eigenvalue weighted by molar-refractivity contribution is 0.313. The number of aromatic nitrogens is 2. The summed E-state index contributed by atoms with van der Waals surface area (Å²) in [6.45, 7) is 4.29. The molecule has 0 radical (unpaired) electrons. The van der Waals surface area contributed by atoms with E-state index in [0.717, 1.165) is 31.9 Å². The molecular formula is C15H20N6. The van der Waals surface area contributed by atoms with E-state index in [1.165, 1.54) is 5.69 Å². The zero-order valence-corrected chi connectivity index (χ0v) is 12.2. The van der Waals surface area contributed by atoms with Gasteiger partial charge in [-0.2, -0.15) is 4.98 Å². The van der Waals surface area contributed by atoms with Crippen LogP contribution in [-0.2, 0) is 0 Å². The molecule has 3 rings (SSSR count). The number of piperazine rings is 1. The van der Waals surface area contributed by atoms with Crippen LogP contribution in [0.5, 0.6) is 0 Å². The van der Waals surface area contributed by atoms with Gasteiger partial charge < -0.3 is 20.9 Å². The van der Waals surface area contributed by atoms with Gasteiger partial charge in [0.25, 0.3) is 0 Å². The Hall–Kier alpha value is -2.34. The molecule has 21 heavy (non-hydrogen) atoms. The van der Waals surface area contributed by atoms with E-state index in [9.17, 15) is 0 Å². The molecule has 1 saturated heterocycles. The highest BCUT2D eigenvalue weighted by Gasteiger charge is 2.14. The van der Waals surface area contributed by atoms with Gasteiger partial charge in [0, 0.05) is 43.8 Å². The number of nitrogen functional groups attached to an aromatic ring is 1. The van der Waals surface area contributed by atoms with E-state index in [4.69, 9.17) is 5.73 Å². The molecule has 1 aromatic heterocycles. The molecule has 0 spiro atoms. The minimum Gasteiger partial charge on any atom is -0.384 e. The molecule has 6 heteroatoms. The molecule has 0 aliphatic carbocycles. The molecule has 1 aliphatic rings. The van der Waals surface area contributed by atoms with Crippen molar-refractivity contribution in [2.75, 3.05) is 49.2 Å². The van der Waals surface area contributed by atoms with E-state index in [2.05, 4.69) is 44.3 Å². The van der Waals surface area contributed by atoms with Gasteiger partial charge >= 0.3 is 0 Å². The highest BCUT2D eigenvalue weighted by Crippen LogP contribution is 2.22. The van der Waals surface area contributed by atoms with Gasteiger partial charge in [0.1, 0.15) is 5.82 Å². The Balaban J connectivity index is 1.74. The van der Waals surface area contributed by atoms with E-state index < -0.39 is 0 Å². The molecule has 0 saturated carbocycles. The highest BCUT2D eigenvalue weighted by molar-refractivity contribution is 5.62. The van der Waals surface area contributed by atoms with Crippen molar-refractivity contribution < 1.29 is 0 Å². The minimum atomic E-state index is 0.461. The SMILES string of the molecule is CN1CCN(c2cccc(Nc3nccc(N)n3)c2)CC1. The number of nitrogens with two attached hydrogens (primary N) is 1. The Morgan fingerprint density at radius 1 is 1.14 bits per heavy atom. The fourth-order valence-corrected chi connectivity index (χ4v) is 2.41. The third kappa shape index (κ3) is 3.41. The van der Waals surface area contributed by atoms with Crippen LogP contribution in [0.3, 0.4) is 0 Å². The van der Waals surface area contributed by atoms with Gasteiger partial charge in [-0.1, -0.05) is 6.07 Å². The fourth-order valence-electron chi connectivity index (χ4n) is 2.41. The lowest BCUT2D eigenvalue weighted by atomic mass is 10.2. The summed E-state index contributed by atoms with van der Waals surface area (Å²) < 4.78 is 0. The number of hydrogen-bond acceptors (Lipinski definition) is 6. The third-order valence-corrected chi connectivity index (χ3v) is 3.65. The van der Waals surface area contributed by atoms with Crippen LogP contribution in [0.15, 0.2) is 36.5 Å². The average molecular weight is 284 g/mol. The Labute approximate surface area is 124 Å². The maximum atomic E-state index is 5.67. The molecular weight excluding hydrogens is 264 g/mol. The minimum absolute atomic E-state index is 0.461. The van der Waals surface area contributed by atoms with Crippen molar-refractivity contribution in [3.8, 4) is 0 Å². The molecule has 2 heterocycles. The lowest BCUT2D eigenvalue weighted by Crippen LogP contribution is -2.44. The maximum Gasteiger partial charge on any atom is 0.229 e.